The molecule has 1 aromatic carbocycles. The zero-order chi connectivity index (χ0) is 13.8. The van der Waals surface area contributed by atoms with Crippen LogP contribution in [0.4, 0.5) is 10.5 Å². The van der Waals surface area contributed by atoms with Crippen LogP contribution in [0, 0.1) is 6.92 Å². The minimum Gasteiger partial charge on any atom is -0.328 e. The Balaban J connectivity index is 1.95. The fraction of sp³-hybridized carbons (Fsp3) is 0.250. The van der Waals surface area contributed by atoms with Crippen molar-refractivity contribution in [3.63, 3.8) is 0 Å². The fourth-order valence-electron chi connectivity index (χ4n) is 1.53. The summed E-state index contributed by atoms with van der Waals surface area (Å²) in [5.41, 5.74) is 1.60. The van der Waals surface area contributed by atoms with Crippen molar-refractivity contribution in [2.24, 2.45) is 0 Å². The molecule has 0 aliphatic heterocycles. The van der Waals surface area contributed by atoms with E-state index in [0.29, 0.717) is 16.5 Å². The number of halogens is 1. The molecule has 2 rings (SSSR count). The molecular formula is C12H14ClN5O. The summed E-state index contributed by atoms with van der Waals surface area (Å²) in [7, 11) is 0. The molecule has 7 heteroatoms. The number of hydrogen-bond acceptors (Lipinski definition) is 3. The summed E-state index contributed by atoms with van der Waals surface area (Å²) in [5.74, 6) is 0.595. The Hall–Kier alpha value is -2.08. The number of rotatable bonds is 3. The molecule has 0 bridgehead atoms. The quantitative estimate of drug-likeness (QED) is 0.808. The van der Waals surface area contributed by atoms with Crippen molar-refractivity contribution in [1.29, 1.82) is 0 Å². The molecule has 0 fully saturated rings. The number of nitrogens with one attached hydrogen (secondary N) is 3. The first-order chi connectivity index (χ1) is 9.06. The van der Waals surface area contributed by atoms with Gasteiger partial charge in [-0.3, -0.25) is 5.10 Å². The van der Waals surface area contributed by atoms with Gasteiger partial charge in [0.05, 0.1) is 6.04 Å². The van der Waals surface area contributed by atoms with Crippen LogP contribution in [-0.2, 0) is 0 Å². The molecule has 19 heavy (non-hydrogen) atoms. The molecule has 3 N–H and O–H groups in total. The molecular weight excluding hydrogens is 266 g/mol. The third-order valence-electron chi connectivity index (χ3n) is 2.62. The molecule has 0 aliphatic rings. The summed E-state index contributed by atoms with van der Waals surface area (Å²) < 4.78 is 0. The molecule has 0 saturated heterocycles. The number of benzene rings is 1. The van der Waals surface area contributed by atoms with Crippen molar-refractivity contribution in [2.45, 2.75) is 19.9 Å². The molecule has 2 amide bonds. The SMILES string of the molecule is Cc1ccc(NC(=O)N[C@H](C)c2ncn[nH]2)cc1Cl. The minimum absolute atomic E-state index is 0.261. The first-order valence-electron chi connectivity index (χ1n) is 5.75. The van der Waals surface area contributed by atoms with Gasteiger partial charge in [-0.1, -0.05) is 17.7 Å². The largest absolute Gasteiger partial charge is 0.328 e. The maximum absolute atomic E-state index is 11.8. The van der Waals surface area contributed by atoms with E-state index in [1.165, 1.54) is 6.33 Å². The van der Waals surface area contributed by atoms with Gasteiger partial charge in [0.1, 0.15) is 12.2 Å². The average Bonchev–Trinajstić information content (AvgIpc) is 2.87. The minimum atomic E-state index is -0.330. The molecule has 0 unspecified atom stereocenters. The van der Waals surface area contributed by atoms with Gasteiger partial charge < -0.3 is 10.6 Å². The number of carbonyl (C=O) groups excluding carboxylic acids is 1. The topological polar surface area (TPSA) is 82.7 Å². The summed E-state index contributed by atoms with van der Waals surface area (Å²) in [4.78, 5) is 15.8. The Labute approximate surface area is 115 Å². The number of hydrogen-bond donors (Lipinski definition) is 3. The molecule has 0 aliphatic carbocycles. The average molecular weight is 280 g/mol. The first-order valence-corrected chi connectivity index (χ1v) is 6.13. The van der Waals surface area contributed by atoms with E-state index in [2.05, 4.69) is 25.8 Å². The van der Waals surface area contributed by atoms with Gasteiger partial charge in [0.2, 0.25) is 0 Å². The Morgan fingerprint density at radius 2 is 2.26 bits per heavy atom. The van der Waals surface area contributed by atoms with E-state index < -0.39 is 0 Å². The van der Waals surface area contributed by atoms with Gasteiger partial charge in [-0.25, -0.2) is 9.78 Å². The van der Waals surface area contributed by atoms with E-state index in [4.69, 9.17) is 11.6 Å². The van der Waals surface area contributed by atoms with Crippen LogP contribution in [0.5, 0.6) is 0 Å². The third-order valence-corrected chi connectivity index (χ3v) is 3.03. The van der Waals surface area contributed by atoms with E-state index in [1.54, 1.807) is 12.1 Å². The van der Waals surface area contributed by atoms with Gasteiger partial charge in [-0.05, 0) is 31.5 Å². The predicted octanol–water partition coefficient (Wildman–Crippen LogP) is 2.65. The van der Waals surface area contributed by atoms with Crippen LogP contribution >= 0.6 is 11.6 Å². The number of aromatic amines is 1. The highest BCUT2D eigenvalue weighted by molar-refractivity contribution is 6.31. The number of aromatic nitrogens is 3. The molecule has 0 radical (unpaired) electrons. The second kappa shape index (κ2) is 5.71. The molecule has 1 aromatic heterocycles. The standard InChI is InChI=1S/C12H14ClN5O/c1-7-3-4-9(5-10(7)13)17-12(19)16-8(2)11-14-6-15-18-11/h3-6,8H,1-2H3,(H,14,15,18)(H2,16,17,19)/t8-/m1/s1. The van der Waals surface area contributed by atoms with Crippen molar-refractivity contribution in [3.8, 4) is 0 Å². The van der Waals surface area contributed by atoms with Crippen LogP contribution in [-0.4, -0.2) is 21.2 Å². The summed E-state index contributed by atoms with van der Waals surface area (Å²) in [6.07, 6.45) is 1.39. The van der Waals surface area contributed by atoms with Crippen LogP contribution < -0.4 is 10.6 Å². The molecule has 0 saturated carbocycles. The van der Waals surface area contributed by atoms with Crippen molar-refractivity contribution >= 4 is 23.3 Å². The van der Waals surface area contributed by atoms with E-state index >= 15 is 0 Å². The molecule has 1 heterocycles. The highest BCUT2D eigenvalue weighted by Crippen LogP contribution is 2.19. The predicted molar refractivity (Wildman–Crippen MR) is 73.1 cm³/mol. The van der Waals surface area contributed by atoms with Crippen LogP contribution in [0.25, 0.3) is 0 Å². The van der Waals surface area contributed by atoms with Gasteiger partial charge in [-0.2, -0.15) is 5.10 Å². The second-order valence-corrected chi connectivity index (χ2v) is 4.56. The lowest BCUT2D eigenvalue weighted by molar-refractivity contribution is 0.249. The van der Waals surface area contributed by atoms with E-state index in [9.17, 15) is 4.79 Å². The number of urea groups is 1. The van der Waals surface area contributed by atoms with Gasteiger partial charge in [0.25, 0.3) is 0 Å². The summed E-state index contributed by atoms with van der Waals surface area (Å²) in [6.45, 7) is 3.71. The lowest BCUT2D eigenvalue weighted by Crippen LogP contribution is -2.31. The van der Waals surface area contributed by atoms with Crippen molar-refractivity contribution in [2.75, 3.05) is 5.32 Å². The van der Waals surface area contributed by atoms with Crippen molar-refractivity contribution in [1.82, 2.24) is 20.5 Å². The molecule has 0 spiro atoms. The van der Waals surface area contributed by atoms with Gasteiger partial charge in [0, 0.05) is 10.7 Å². The first kappa shape index (κ1) is 13.4. The smallest absolute Gasteiger partial charge is 0.319 e. The normalized spacial score (nSPS) is 11.9. The number of carbonyl (C=O) groups is 1. The maximum atomic E-state index is 11.8. The summed E-state index contributed by atoms with van der Waals surface area (Å²) in [6, 6.07) is 4.75. The van der Waals surface area contributed by atoms with Gasteiger partial charge >= 0.3 is 6.03 Å². The molecule has 6 nitrogen and oxygen atoms in total. The number of nitrogens with zero attached hydrogens (tertiary/aromatic N) is 2. The van der Waals surface area contributed by atoms with Crippen LogP contribution in [0.15, 0.2) is 24.5 Å². The van der Waals surface area contributed by atoms with Crippen LogP contribution in [0.2, 0.25) is 5.02 Å². The highest BCUT2D eigenvalue weighted by atomic mass is 35.5. The number of H-pyrrole nitrogens is 1. The van der Waals surface area contributed by atoms with Gasteiger partial charge in [-0.15, -0.1) is 0 Å². The number of anilines is 1. The van der Waals surface area contributed by atoms with Crippen LogP contribution in [0.1, 0.15) is 24.4 Å². The Morgan fingerprint density at radius 3 is 2.89 bits per heavy atom. The molecule has 1 atom stereocenters. The zero-order valence-electron chi connectivity index (χ0n) is 10.6. The summed E-state index contributed by atoms with van der Waals surface area (Å²) in [5, 5.41) is 12.5. The van der Waals surface area contributed by atoms with Crippen LogP contribution in [0.3, 0.4) is 0 Å². The lowest BCUT2D eigenvalue weighted by atomic mass is 10.2. The monoisotopic (exact) mass is 279 g/mol. The van der Waals surface area contributed by atoms with E-state index in [0.717, 1.165) is 5.56 Å². The summed E-state index contributed by atoms with van der Waals surface area (Å²) >= 11 is 5.99. The second-order valence-electron chi connectivity index (χ2n) is 4.15. The molecule has 100 valence electrons. The molecule has 2 aromatic rings. The third kappa shape index (κ3) is 3.45. The Morgan fingerprint density at radius 1 is 1.47 bits per heavy atom. The zero-order valence-corrected chi connectivity index (χ0v) is 11.3. The maximum Gasteiger partial charge on any atom is 0.319 e. The lowest BCUT2D eigenvalue weighted by Gasteiger charge is -2.12. The fourth-order valence-corrected chi connectivity index (χ4v) is 1.71. The Bertz CT molecular complexity index is 570. The van der Waals surface area contributed by atoms with Crippen molar-refractivity contribution in [3.05, 3.63) is 40.9 Å². The Kier molecular flexibility index (Phi) is 4.01. The van der Waals surface area contributed by atoms with E-state index in [1.807, 2.05) is 19.9 Å². The number of amides is 2. The highest BCUT2D eigenvalue weighted by Gasteiger charge is 2.11. The van der Waals surface area contributed by atoms with E-state index in [-0.39, 0.29) is 12.1 Å². The number of aryl methyl sites for hydroxylation is 1. The van der Waals surface area contributed by atoms with Crippen molar-refractivity contribution < 1.29 is 4.79 Å². The van der Waals surface area contributed by atoms with Gasteiger partial charge in [0.15, 0.2) is 0 Å².